The number of carbonyl (C=O) groups is 8. The summed E-state index contributed by atoms with van der Waals surface area (Å²) >= 11 is 1.66. The zero-order valence-electron chi connectivity index (χ0n) is 64.4. The van der Waals surface area contributed by atoms with Crippen LogP contribution < -0.4 is 32.3 Å². The fraction of sp³-hybridized carbons (Fsp3) is 0.341. The maximum absolute atomic E-state index is 14.5. The van der Waals surface area contributed by atoms with Crippen LogP contribution in [0.1, 0.15) is 131 Å². The number of nitrogens with one attached hydrogen (secondary N) is 6. The summed E-state index contributed by atoms with van der Waals surface area (Å²) in [6.07, 6.45) is 2.31. The molecule has 0 bridgehead atoms. The summed E-state index contributed by atoms with van der Waals surface area (Å²) in [6.45, 7) is 14.3. The molecule has 1 aliphatic rings. The van der Waals surface area contributed by atoms with Gasteiger partial charge in [-0.15, -0.1) is 11.8 Å². The van der Waals surface area contributed by atoms with Crippen molar-refractivity contribution in [1.29, 1.82) is 0 Å². The number of amides is 5. The van der Waals surface area contributed by atoms with E-state index in [1.165, 1.54) is 17.0 Å². The van der Waals surface area contributed by atoms with Gasteiger partial charge in [0.15, 0.2) is 0 Å². The molecule has 0 unspecified atom stereocenters. The number of para-hydroxylation sites is 1. The number of aromatic nitrogens is 1. The van der Waals surface area contributed by atoms with Gasteiger partial charge in [-0.3, -0.25) is 19.2 Å². The third kappa shape index (κ3) is 24.1. The highest BCUT2D eigenvalue weighted by atomic mass is 32.2. The summed E-state index contributed by atoms with van der Waals surface area (Å²) in [6, 6.07) is 64.2. The van der Waals surface area contributed by atoms with Gasteiger partial charge in [0.05, 0.1) is 10.8 Å². The van der Waals surface area contributed by atoms with Crippen molar-refractivity contribution in [2.45, 2.75) is 158 Å². The number of aromatic amines is 1. The highest BCUT2D eigenvalue weighted by molar-refractivity contribution is 8.00. The van der Waals surface area contributed by atoms with E-state index in [9.17, 15) is 53.7 Å². The van der Waals surface area contributed by atoms with E-state index in [1.807, 2.05) is 133 Å². The van der Waals surface area contributed by atoms with Gasteiger partial charge in [-0.25, -0.2) is 19.2 Å². The molecular weight excluding hydrogens is 1430 g/mol. The monoisotopic (exact) mass is 1530 g/mol. The molecule has 111 heavy (non-hydrogen) atoms. The number of aromatic hydroxyl groups is 1. The number of phenolic OH excluding ortho intramolecular Hbond substituents is 1. The number of carboxylic acid groups (broad SMARTS) is 3. The summed E-state index contributed by atoms with van der Waals surface area (Å²) in [7, 11) is 1.65. The van der Waals surface area contributed by atoms with Gasteiger partial charge in [-0.1, -0.05) is 214 Å². The van der Waals surface area contributed by atoms with Gasteiger partial charge in [0.2, 0.25) is 17.7 Å². The van der Waals surface area contributed by atoms with Crippen LogP contribution in [0.25, 0.3) is 22.0 Å². The van der Waals surface area contributed by atoms with E-state index in [0.29, 0.717) is 30.6 Å². The Kier molecular flexibility index (Phi) is 31.1. The Hall–Kier alpha value is -11.3. The standard InChI is InChI=1S/C40H58N6O8.C38H33NO4S.C10H13NO2/c1-24(2)33(37(51)52)46(39(3,4)5)36(50)31(15-11-12-20-42-38(53)54-40(6,7)8)44-35(49)32(22-26-23-43-30-14-10-9-13-28(26)30)45-34(48)29(41)21-25-16-18-27(47)19-17-25;40-36(41)35(39-37(42)43-26-34-32-22-12-10-20-30(32)31-21-11-13-23-33(31)34)24-25-44-38(27-14-4-1-5-15-27,28-16-6-2-7-17-28)29-18-8-3-9-19-29;1-11-9(10(12)13)7-8-5-3-2-4-6-8/h9-10,13-14,16-19,23-24,29,31-33,43,47H,11-12,15,20-22,41H2,1-8H3,(H,42,53)(H,44,49)(H,45,48)(H,51,52);1-23,34-35H,24-26H2,(H,39,42)(H,40,41);2-6,9,11H,7H2,1H3,(H,12,13)/t29-,31-,32+,33-;35-;9-/m000/s1. The van der Waals surface area contributed by atoms with Crippen LogP contribution in [0, 0.1) is 5.92 Å². The second kappa shape index (κ2) is 40.4. The first kappa shape index (κ1) is 85.3. The Morgan fingerprint density at radius 2 is 1.05 bits per heavy atom. The number of aliphatic carboxylic acids is 3. The molecule has 1 aromatic heterocycles. The largest absolute Gasteiger partial charge is 0.508 e. The predicted octanol–water partition coefficient (Wildman–Crippen LogP) is 13.4. The normalized spacial score (nSPS) is 13.5. The molecular formula is C88H104N8O14S. The predicted molar refractivity (Wildman–Crippen MR) is 433 cm³/mol. The van der Waals surface area contributed by atoms with E-state index in [-0.39, 0.29) is 50.5 Å². The van der Waals surface area contributed by atoms with E-state index in [1.54, 1.807) is 92.5 Å². The van der Waals surface area contributed by atoms with Crippen molar-refractivity contribution < 1.29 is 68.3 Å². The average Bonchev–Trinajstić information content (AvgIpc) is 1.60. The second-order valence-corrected chi connectivity index (χ2v) is 30.9. The van der Waals surface area contributed by atoms with E-state index < -0.39 is 106 Å². The first-order valence-electron chi connectivity index (χ1n) is 37.3. The summed E-state index contributed by atoms with van der Waals surface area (Å²) in [5.74, 6) is -4.93. The summed E-state index contributed by atoms with van der Waals surface area (Å²) < 4.78 is 10.4. The number of H-pyrrole nitrogens is 1. The van der Waals surface area contributed by atoms with E-state index >= 15 is 0 Å². The third-order valence-corrected chi connectivity index (χ3v) is 20.5. The lowest BCUT2D eigenvalue weighted by Crippen LogP contribution is -2.63. The zero-order chi connectivity index (χ0) is 80.4. The number of unbranched alkanes of at least 4 members (excludes halogenated alkanes) is 1. The molecule has 5 amide bonds. The lowest BCUT2D eigenvalue weighted by atomic mass is 9.84. The molecule has 1 aliphatic carbocycles. The third-order valence-electron chi connectivity index (χ3n) is 18.9. The first-order valence-corrected chi connectivity index (χ1v) is 38.3. The van der Waals surface area contributed by atoms with Crippen molar-refractivity contribution in [2.24, 2.45) is 11.7 Å². The van der Waals surface area contributed by atoms with Crippen molar-refractivity contribution in [2.75, 3.05) is 26.0 Å². The molecule has 0 saturated carbocycles. The van der Waals surface area contributed by atoms with Gasteiger partial charge in [0.1, 0.15) is 48.2 Å². The molecule has 9 aromatic rings. The smallest absolute Gasteiger partial charge is 0.407 e. The van der Waals surface area contributed by atoms with Crippen LogP contribution in [0.2, 0.25) is 0 Å². The maximum Gasteiger partial charge on any atom is 0.407 e. The van der Waals surface area contributed by atoms with Crippen LogP contribution in [-0.4, -0.2) is 151 Å². The number of alkyl carbamates (subject to hydrolysis) is 2. The summed E-state index contributed by atoms with van der Waals surface area (Å²) in [4.78, 5) is 108. The molecule has 12 N–H and O–H groups in total. The Morgan fingerprint density at radius 3 is 1.56 bits per heavy atom. The number of carboxylic acids is 3. The Balaban J connectivity index is 0.000000242. The van der Waals surface area contributed by atoms with Crippen molar-refractivity contribution in [3.63, 3.8) is 0 Å². The quantitative estimate of drug-likeness (QED) is 0.0138. The minimum absolute atomic E-state index is 0.0565. The first-order chi connectivity index (χ1) is 53.0. The molecule has 0 spiro atoms. The van der Waals surface area contributed by atoms with Crippen LogP contribution in [-0.2, 0) is 62.3 Å². The highest BCUT2D eigenvalue weighted by Crippen LogP contribution is 2.49. The fourth-order valence-corrected chi connectivity index (χ4v) is 15.1. The fourth-order valence-electron chi connectivity index (χ4n) is 13.5. The van der Waals surface area contributed by atoms with E-state index in [4.69, 9.17) is 20.3 Å². The topological polar surface area (TPSA) is 341 Å². The number of rotatable bonds is 32. The number of benzene rings is 8. The van der Waals surface area contributed by atoms with Gasteiger partial charge in [-0.2, -0.15) is 0 Å². The molecule has 0 fully saturated rings. The SMILES string of the molecule is CC(C)[C@@H](C(=O)O)N(C(=O)[C@H](CCCCNC(=O)OC(C)(C)C)NC(=O)[C@@H](Cc1c[nH]c2ccccc12)NC(=O)[C@@H](N)Cc1ccc(O)cc1)C(C)(C)C.CN[C@@H](Cc1ccccc1)C(=O)O.O=C(N[C@@H](CCSC(c1ccccc1)(c1ccccc1)c1ccccc1)C(=O)O)OCC1c2ccccc2-c2ccccc21. The van der Waals surface area contributed by atoms with E-state index in [0.717, 1.165) is 61.0 Å². The minimum Gasteiger partial charge on any atom is -0.508 e. The number of ether oxygens (including phenoxy) is 2. The number of carbonyl (C=O) groups excluding carboxylic acids is 5. The number of likely N-dealkylation sites (N-methyl/N-ethyl adjacent to an activating group) is 1. The Labute approximate surface area is 653 Å². The lowest BCUT2D eigenvalue weighted by molar-refractivity contribution is -0.159. The average molecular weight is 1530 g/mol. The number of thioether (sulfide) groups is 1. The van der Waals surface area contributed by atoms with Crippen LogP contribution in [0.5, 0.6) is 5.75 Å². The molecule has 0 aliphatic heterocycles. The Bertz CT molecular complexity index is 4390. The maximum atomic E-state index is 14.5. The molecule has 10 rings (SSSR count). The Morgan fingerprint density at radius 1 is 0.541 bits per heavy atom. The van der Waals surface area contributed by atoms with Gasteiger partial charge >= 0.3 is 30.1 Å². The summed E-state index contributed by atoms with van der Waals surface area (Å²) in [5.41, 5.74) is 15.8. The summed E-state index contributed by atoms with van der Waals surface area (Å²) in [5, 5.41) is 53.3. The molecule has 0 saturated heterocycles. The molecule has 586 valence electrons. The van der Waals surface area contributed by atoms with Crippen LogP contribution in [0.3, 0.4) is 0 Å². The molecule has 23 heteroatoms. The molecule has 22 nitrogen and oxygen atoms in total. The number of phenols is 1. The number of fused-ring (bicyclic) bond motifs is 4. The van der Waals surface area contributed by atoms with Crippen molar-refractivity contribution in [3.8, 4) is 16.9 Å². The van der Waals surface area contributed by atoms with E-state index in [2.05, 4.69) is 92.2 Å². The minimum atomic E-state index is -1.19. The number of nitrogens with two attached hydrogens (primary N) is 1. The van der Waals surface area contributed by atoms with Crippen LogP contribution in [0.4, 0.5) is 9.59 Å². The number of hydrogen-bond donors (Lipinski definition) is 11. The van der Waals surface area contributed by atoms with Crippen molar-refractivity contribution in [3.05, 3.63) is 269 Å². The molecule has 0 radical (unpaired) electrons. The molecule has 1 heterocycles. The van der Waals surface area contributed by atoms with Gasteiger partial charge in [-0.05, 0) is 173 Å². The van der Waals surface area contributed by atoms with Crippen molar-refractivity contribution >= 4 is 70.5 Å². The van der Waals surface area contributed by atoms with Gasteiger partial charge < -0.3 is 72.1 Å². The van der Waals surface area contributed by atoms with Gasteiger partial charge in [0.25, 0.3) is 0 Å². The van der Waals surface area contributed by atoms with Crippen molar-refractivity contribution in [1.82, 2.24) is 36.5 Å². The lowest BCUT2D eigenvalue weighted by Gasteiger charge is -2.43. The highest BCUT2D eigenvalue weighted by Gasteiger charge is 2.43. The van der Waals surface area contributed by atoms with Crippen LogP contribution >= 0.6 is 11.8 Å². The molecule has 8 aromatic carbocycles. The molecule has 6 atom stereocenters. The zero-order valence-corrected chi connectivity index (χ0v) is 65.2. The van der Waals surface area contributed by atoms with Gasteiger partial charge in [0, 0.05) is 41.5 Å². The van der Waals surface area contributed by atoms with Crippen LogP contribution in [0.15, 0.2) is 225 Å². The second-order valence-electron chi connectivity index (χ2n) is 29.6. The number of nitrogens with zero attached hydrogens (tertiary/aromatic N) is 1. The number of hydrogen-bond acceptors (Lipinski definition) is 14.